The molecule has 1 aromatic heterocycles. The summed E-state index contributed by atoms with van der Waals surface area (Å²) in [6.07, 6.45) is 1.63. The summed E-state index contributed by atoms with van der Waals surface area (Å²) in [5.41, 5.74) is 5.92. The monoisotopic (exact) mass is 702 g/mol. The van der Waals surface area contributed by atoms with E-state index in [0.717, 1.165) is 22.4 Å². The van der Waals surface area contributed by atoms with Crippen molar-refractivity contribution in [1.29, 1.82) is 0 Å². The van der Waals surface area contributed by atoms with E-state index in [1.54, 1.807) is 30.3 Å². The molecule has 49 heavy (non-hydrogen) atoms. The fraction of sp³-hybridized carbons (Fsp3) is 0.194. The number of hydrogen-bond acceptors (Lipinski definition) is 10. The molecule has 0 aliphatic carbocycles. The lowest BCUT2D eigenvalue weighted by Gasteiger charge is -2.36. The lowest BCUT2D eigenvalue weighted by atomic mass is 10.1. The average molecular weight is 704 g/mol. The first-order valence-corrected chi connectivity index (χ1v) is 15.8. The third-order valence-corrected chi connectivity index (χ3v) is 8.13. The number of aromatic hydroxyl groups is 1. The summed E-state index contributed by atoms with van der Waals surface area (Å²) in [6.45, 7) is 3.67. The number of aromatic nitrogens is 2. The van der Waals surface area contributed by atoms with E-state index in [1.165, 1.54) is 6.07 Å². The first kappa shape index (κ1) is 35.2. The zero-order chi connectivity index (χ0) is 33.3. The van der Waals surface area contributed by atoms with E-state index < -0.39 is 5.91 Å². The molecule has 0 unspecified atom stereocenters. The van der Waals surface area contributed by atoms with Crippen molar-refractivity contribution in [3.63, 3.8) is 0 Å². The van der Waals surface area contributed by atoms with Crippen LogP contribution in [-0.2, 0) is 24.6 Å². The van der Waals surface area contributed by atoms with Crippen molar-refractivity contribution in [1.82, 2.24) is 25.4 Å². The minimum atomic E-state index is -0.448. The van der Waals surface area contributed by atoms with E-state index in [1.807, 2.05) is 71.6 Å². The Labute approximate surface area is 295 Å². The van der Waals surface area contributed by atoms with Gasteiger partial charge in [0.1, 0.15) is 36.2 Å². The van der Waals surface area contributed by atoms with Crippen molar-refractivity contribution in [2.75, 3.05) is 26.2 Å². The number of ether oxygens (including phenoxy) is 2. The van der Waals surface area contributed by atoms with Crippen LogP contribution in [0.25, 0.3) is 17.5 Å². The maximum atomic E-state index is 12.8. The topological polar surface area (TPSA) is 139 Å². The van der Waals surface area contributed by atoms with Gasteiger partial charge in [0.25, 0.3) is 5.91 Å². The number of carbonyl (C=O) groups excluding carboxylic acids is 1. The number of hydrogen-bond donors (Lipinski definition) is 3. The van der Waals surface area contributed by atoms with E-state index >= 15 is 0 Å². The molecule has 6 rings (SSSR count). The molecule has 1 saturated heterocycles. The Bertz CT molecular complexity index is 1840. The van der Waals surface area contributed by atoms with Gasteiger partial charge in [-0.25, -0.2) is 5.84 Å². The normalized spacial score (nSPS) is 13.4. The number of phenolic OH excluding ortho intramolecular Hbond substituents is 1. The first-order valence-electron chi connectivity index (χ1n) is 15.4. The highest BCUT2D eigenvalue weighted by Crippen LogP contribution is 2.28. The highest BCUT2D eigenvalue weighted by Gasteiger charge is 2.24. The van der Waals surface area contributed by atoms with Gasteiger partial charge in [-0.05, 0) is 53.6 Å². The van der Waals surface area contributed by atoms with Crippen LogP contribution >= 0.6 is 24.0 Å². The smallest absolute Gasteiger partial charge is 0.281 e. The van der Waals surface area contributed by atoms with E-state index in [9.17, 15) is 9.90 Å². The second-order valence-corrected chi connectivity index (χ2v) is 11.6. The molecule has 11 nitrogen and oxygen atoms in total. The zero-order valence-electron chi connectivity index (χ0n) is 26.5. The van der Waals surface area contributed by atoms with Gasteiger partial charge in [0, 0.05) is 48.4 Å². The maximum absolute atomic E-state index is 12.8. The van der Waals surface area contributed by atoms with Crippen LogP contribution in [0.5, 0.6) is 17.2 Å². The Morgan fingerprint density at radius 3 is 2.22 bits per heavy atom. The molecule has 1 amide bonds. The molecule has 4 N–H and O–H groups in total. The summed E-state index contributed by atoms with van der Waals surface area (Å²) >= 11 is 5.94. The summed E-state index contributed by atoms with van der Waals surface area (Å²) in [5.74, 6) is 7.35. The van der Waals surface area contributed by atoms with Gasteiger partial charge >= 0.3 is 0 Å². The fourth-order valence-electron chi connectivity index (χ4n) is 5.22. The minimum absolute atomic E-state index is 0. The van der Waals surface area contributed by atoms with Crippen LogP contribution in [0, 0.1) is 0 Å². The van der Waals surface area contributed by atoms with Crippen LogP contribution < -0.4 is 20.7 Å². The van der Waals surface area contributed by atoms with Gasteiger partial charge in [0.15, 0.2) is 0 Å². The van der Waals surface area contributed by atoms with E-state index in [-0.39, 0.29) is 18.2 Å². The van der Waals surface area contributed by atoms with Crippen molar-refractivity contribution >= 4 is 36.0 Å². The van der Waals surface area contributed by atoms with E-state index in [4.69, 9.17) is 31.4 Å². The standard InChI is InChI=1S/C36H35ClN6O5.ClH/c37-29-11-14-30(15-12-29)46-24-26-6-8-27(9-7-26)35-39-34(48-41-35)22-42-16-18-43(19-17-42)32(36(45)40-38)20-28-10-13-31(21-33(28)44)47-23-25-4-2-1-3-5-25;/h1-15,20-21,44H,16-19,22-24,38H2,(H,40,45);1H. The van der Waals surface area contributed by atoms with Crippen molar-refractivity contribution in [2.24, 2.45) is 5.84 Å². The predicted octanol–water partition coefficient (Wildman–Crippen LogP) is 5.82. The van der Waals surface area contributed by atoms with Crippen LogP contribution in [0.4, 0.5) is 0 Å². The number of rotatable bonds is 12. The third-order valence-electron chi connectivity index (χ3n) is 7.88. The number of carbonyl (C=O) groups is 1. The number of piperazine rings is 1. The van der Waals surface area contributed by atoms with Crippen LogP contribution in [0.15, 0.2) is 107 Å². The second-order valence-electron chi connectivity index (χ2n) is 11.2. The number of benzene rings is 4. The van der Waals surface area contributed by atoms with Gasteiger partial charge in [-0.3, -0.25) is 15.1 Å². The number of nitrogens with zero attached hydrogens (tertiary/aromatic N) is 4. The first-order chi connectivity index (χ1) is 23.4. The summed E-state index contributed by atoms with van der Waals surface area (Å²) in [7, 11) is 0. The summed E-state index contributed by atoms with van der Waals surface area (Å²) in [6, 6.07) is 29.8. The Morgan fingerprint density at radius 1 is 0.898 bits per heavy atom. The zero-order valence-corrected chi connectivity index (χ0v) is 28.1. The number of amides is 1. The quantitative estimate of drug-likeness (QED) is 0.0630. The summed E-state index contributed by atoms with van der Waals surface area (Å²) in [5, 5.41) is 15.6. The van der Waals surface area contributed by atoms with Crippen LogP contribution in [0.2, 0.25) is 5.02 Å². The average Bonchev–Trinajstić information content (AvgIpc) is 3.59. The number of nitrogens with two attached hydrogens (primary N) is 1. The maximum Gasteiger partial charge on any atom is 0.281 e. The van der Waals surface area contributed by atoms with Crippen LogP contribution in [-0.4, -0.2) is 57.1 Å². The minimum Gasteiger partial charge on any atom is -0.507 e. The molecule has 0 bridgehead atoms. The Balaban J connectivity index is 0.00000468. The molecule has 0 atom stereocenters. The SMILES string of the molecule is Cl.NNC(=O)C(=Cc1ccc(OCc2ccccc2)cc1O)N1CCN(Cc2nc(-c3ccc(COc4ccc(Cl)cc4)cc3)no2)CC1. The molecule has 1 fully saturated rings. The van der Waals surface area contributed by atoms with Crippen molar-refractivity contribution < 1.29 is 23.9 Å². The number of nitrogens with one attached hydrogen (secondary N) is 1. The largest absolute Gasteiger partial charge is 0.507 e. The van der Waals surface area contributed by atoms with Crippen molar-refractivity contribution in [3.05, 3.63) is 130 Å². The molecular weight excluding hydrogens is 667 g/mol. The van der Waals surface area contributed by atoms with Crippen molar-refractivity contribution in [2.45, 2.75) is 19.8 Å². The highest BCUT2D eigenvalue weighted by molar-refractivity contribution is 6.30. The fourth-order valence-corrected chi connectivity index (χ4v) is 5.35. The molecule has 0 saturated carbocycles. The molecule has 1 aliphatic rings. The van der Waals surface area contributed by atoms with Crippen LogP contribution in [0.3, 0.4) is 0 Å². The van der Waals surface area contributed by atoms with Gasteiger partial charge in [-0.1, -0.05) is 71.4 Å². The van der Waals surface area contributed by atoms with Crippen LogP contribution in [0.1, 0.15) is 22.6 Å². The summed E-state index contributed by atoms with van der Waals surface area (Å²) < 4.78 is 17.2. The lowest BCUT2D eigenvalue weighted by Crippen LogP contribution is -2.48. The highest BCUT2D eigenvalue weighted by atomic mass is 35.5. The third kappa shape index (κ3) is 9.52. The molecule has 5 aromatic rings. The second kappa shape index (κ2) is 16.8. The molecular formula is C36H36Cl2N6O5. The predicted molar refractivity (Wildman–Crippen MR) is 189 cm³/mol. The van der Waals surface area contributed by atoms with Gasteiger partial charge in [-0.2, -0.15) is 4.98 Å². The molecule has 2 heterocycles. The summed E-state index contributed by atoms with van der Waals surface area (Å²) in [4.78, 5) is 21.5. The van der Waals surface area contributed by atoms with Crippen molar-refractivity contribution in [3.8, 4) is 28.6 Å². The molecule has 4 aromatic carbocycles. The van der Waals surface area contributed by atoms with Gasteiger partial charge in [0.2, 0.25) is 11.7 Å². The van der Waals surface area contributed by atoms with E-state index in [0.29, 0.717) is 79.7 Å². The van der Waals surface area contributed by atoms with E-state index in [2.05, 4.69) is 20.5 Å². The van der Waals surface area contributed by atoms with Gasteiger partial charge < -0.3 is 24.0 Å². The molecule has 13 heteroatoms. The number of halogens is 2. The molecule has 0 radical (unpaired) electrons. The lowest BCUT2D eigenvalue weighted by molar-refractivity contribution is -0.119. The number of phenols is 1. The van der Waals surface area contributed by atoms with Gasteiger partial charge in [-0.15, -0.1) is 12.4 Å². The van der Waals surface area contributed by atoms with Gasteiger partial charge in [0.05, 0.1) is 6.54 Å². The number of hydrazine groups is 1. The molecule has 254 valence electrons. The molecule has 0 spiro atoms. The Morgan fingerprint density at radius 2 is 1.55 bits per heavy atom. The molecule has 1 aliphatic heterocycles. The Hall–Kier alpha value is -5.07. The Kier molecular flexibility index (Phi) is 12.1.